The largest absolute Gasteiger partial charge is 0.459 e. The fourth-order valence-electron chi connectivity index (χ4n) is 3.69. The molecule has 0 radical (unpaired) electrons. The summed E-state index contributed by atoms with van der Waals surface area (Å²) in [6, 6.07) is 11.6. The SMILES string of the molecule is CC(c1cc2ccccc2o1)N(C)C(=O)C1CCCN(c2ncccn2)C1. The molecule has 4 rings (SSSR count). The van der Waals surface area contributed by atoms with E-state index in [0.29, 0.717) is 12.5 Å². The van der Waals surface area contributed by atoms with Crippen molar-refractivity contribution < 1.29 is 9.21 Å². The van der Waals surface area contributed by atoms with E-state index in [1.54, 1.807) is 23.4 Å². The molecule has 3 heterocycles. The lowest BCUT2D eigenvalue weighted by Crippen LogP contribution is -2.44. The lowest BCUT2D eigenvalue weighted by Gasteiger charge is -2.35. The van der Waals surface area contributed by atoms with Crippen LogP contribution in [0.25, 0.3) is 11.0 Å². The molecule has 1 aliphatic heterocycles. The summed E-state index contributed by atoms with van der Waals surface area (Å²) >= 11 is 0. The summed E-state index contributed by atoms with van der Waals surface area (Å²) in [5.74, 6) is 1.59. The molecular formula is C21H24N4O2. The number of hydrogen-bond acceptors (Lipinski definition) is 5. The molecule has 0 bridgehead atoms. The Bertz CT molecular complexity index is 891. The van der Waals surface area contributed by atoms with Gasteiger partial charge in [-0.15, -0.1) is 0 Å². The van der Waals surface area contributed by atoms with Crippen LogP contribution in [-0.4, -0.2) is 40.9 Å². The Labute approximate surface area is 158 Å². The number of carbonyl (C=O) groups excluding carboxylic acids is 1. The number of piperidine rings is 1. The molecule has 2 aromatic heterocycles. The van der Waals surface area contributed by atoms with Crippen molar-refractivity contribution in [2.24, 2.45) is 5.92 Å². The topological polar surface area (TPSA) is 62.5 Å². The zero-order chi connectivity index (χ0) is 18.8. The number of carbonyl (C=O) groups is 1. The van der Waals surface area contributed by atoms with Crippen molar-refractivity contribution in [3.05, 3.63) is 54.6 Å². The Morgan fingerprint density at radius 3 is 2.81 bits per heavy atom. The summed E-state index contributed by atoms with van der Waals surface area (Å²) in [5, 5.41) is 1.06. The van der Waals surface area contributed by atoms with E-state index in [1.807, 2.05) is 44.3 Å². The van der Waals surface area contributed by atoms with Crippen LogP contribution in [0.15, 0.2) is 53.2 Å². The van der Waals surface area contributed by atoms with Gasteiger partial charge in [-0.25, -0.2) is 9.97 Å². The first-order chi connectivity index (χ1) is 13.1. The predicted molar refractivity (Wildman–Crippen MR) is 104 cm³/mol. The number of rotatable bonds is 4. The molecule has 6 heteroatoms. The highest BCUT2D eigenvalue weighted by molar-refractivity contribution is 5.81. The second-order valence-corrected chi connectivity index (χ2v) is 7.15. The minimum absolute atomic E-state index is 0.0561. The molecule has 1 aliphatic rings. The maximum Gasteiger partial charge on any atom is 0.227 e. The number of hydrogen-bond donors (Lipinski definition) is 0. The van der Waals surface area contributed by atoms with Crippen LogP contribution in [0.4, 0.5) is 5.95 Å². The van der Waals surface area contributed by atoms with Gasteiger partial charge in [-0.2, -0.15) is 0 Å². The second-order valence-electron chi connectivity index (χ2n) is 7.15. The summed E-state index contributed by atoms with van der Waals surface area (Å²) in [5.41, 5.74) is 0.852. The van der Waals surface area contributed by atoms with Gasteiger partial charge in [-0.05, 0) is 38.0 Å². The Kier molecular flexibility index (Phi) is 4.79. The lowest BCUT2D eigenvalue weighted by atomic mass is 9.96. The van der Waals surface area contributed by atoms with Crippen LogP contribution in [0.5, 0.6) is 0 Å². The van der Waals surface area contributed by atoms with Gasteiger partial charge in [0.05, 0.1) is 12.0 Å². The van der Waals surface area contributed by atoms with Crippen LogP contribution in [0.2, 0.25) is 0 Å². The highest BCUT2D eigenvalue weighted by Gasteiger charge is 2.31. The van der Waals surface area contributed by atoms with Gasteiger partial charge in [0, 0.05) is 37.9 Å². The van der Waals surface area contributed by atoms with E-state index in [1.165, 1.54) is 0 Å². The van der Waals surface area contributed by atoms with Gasteiger partial charge in [0.2, 0.25) is 11.9 Å². The number of anilines is 1. The van der Waals surface area contributed by atoms with E-state index in [2.05, 4.69) is 14.9 Å². The molecule has 0 spiro atoms. The predicted octanol–water partition coefficient (Wildman–Crippen LogP) is 3.66. The lowest BCUT2D eigenvalue weighted by molar-refractivity contribution is -0.136. The summed E-state index contributed by atoms with van der Waals surface area (Å²) < 4.78 is 5.95. The molecule has 1 fully saturated rings. The average molecular weight is 364 g/mol. The molecule has 1 aromatic carbocycles. The van der Waals surface area contributed by atoms with E-state index in [-0.39, 0.29) is 17.9 Å². The average Bonchev–Trinajstić information content (AvgIpc) is 3.17. The van der Waals surface area contributed by atoms with Crippen LogP contribution >= 0.6 is 0 Å². The Morgan fingerprint density at radius 2 is 2.04 bits per heavy atom. The van der Waals surface area contributed by atoms with Crippen molar-refractivity contribution in [1.29, 1.82) is 0 Å². The fraction of sp³-hybridized carbons (Fsp3) is 0.381. The van der Waals surface area contributed by atoms with Crippen LogP contribution in [0.3, 0.4) is 0 Å². The van der Waals surface area contributed by atoms with E-state index in [9.17, 15) is 4.79 Å². The molecule has 0 aliphatic carbocycles. The Hall–Kier alpha value is -2.89. The first-order valence-corrected chi connectivity index (χ1v) is 9.40. The number of benzene rings is 1. The normalized spacial score (nSPS) is 18.4. The monoisotopic (exact) mass is 364 g/mol. The maximum atomic E-state index is 13.1. The number of amides is 1. The minimum atomic E-state index is -0.117. The molecular weight excluding hydrogens is 340 g/mol. The van der Waals surface area contributed by atoms with Crippen molar-refractivity contribution in [3.8, 4) is 0 Å². The number of nitrogens with zero attached hydrogens (tertiary/aromatic N) is 4. The van der Waals surface area contributed by atoms with Crippen LogP contribution in [0, 0.1) is 5.92 Å². The zero-order valence-corrected chi connectivity index (χ0v) is 15.7. The van der Waals surface area contributed by atoms with Crippen molar-refractivity contribution in [2.75, 3.05) is 25.0 Å². The highest BCUT2D eigenvalue weighted by Crippen LogP contribution is 2.29. The van der Waals surface area contributed by atoms with Crippen LogP contribution < -0.4 is 4.90 Å². The second kappa shape index (κ2) is 7.39. The smallest absolute Gasteiger partial charge is 0.227 e. The molecule has 0 N–H and O–H groups in total. The first kappa shape index (κ1) is 17.5. The summed E-state index contributed by atoms with van der Waals surface area (Å²) in [4.78, 5) is 25.7. The molecule has 2 atom stereocenters. The first-order valence-electron chi connectivity index (χ1n) is 9.40. The number of para-hydroxylation sites is 1. The molecule has 0 saturated carbocycles. The standard InChI is InChI=1S/C21H24N4O2/c1-15(19-13-16-7-3-4-9-18(16)27-19)24(2)20(26)17-8-5-12-25(14-17)21-22-10-6-11-23-21/h3-4,6-7,9-11,13,15,17H,5,8,12,14H2,1-2H3. The Balaban J connectivity index is 1.47. The summed E-state index contributed by atoms with van der Waals surface area (Å²) in [7, 11) is 1.86. The van der Waals surface area contributed by atoms with Gasteiger partial charge in [0.1, 0.15) is 11.3 Å². The van der Waals surface area contributed by atoms with Gasteiger partial charge in [0.15, 0.2) is 0 Å². The van der Waals surface area contributed by atoms with Gasteiger partial charge in [0.25, 0.3) is 0 Å². The minimum Gasteiger partial charge on any atom is -0.459 e. The van der Waals surface area contributed by atoms with Crippen molar-refractivity contribution in [3.63, 3.8) is 0 Å². The van der Waals surface area contributed by atoms with Crippen LogP contribution in [-0.2, 0) is 4.79 Å². The van der Waals surface area contributed by atoms with E-state index in [0.717, 1.165) is 36.1 Å². The third-order valence-electron chi connectivity index (χ3n) is 5.39. The molecule has 27 heavy (non-hydrogen) atoms. The van der Waals surface area contributed by atoms with Gasteiger partial charge in [-0.3, -0.25) is 4.79 Å². The van der Waals surface area contributed by atoms with Crippen molar-refractivity contribution in [2.45, 2.75) is 25.8 Å². The van der Waals surface area contributed by atoms with E-state index in [4.69, 9.17) is 4.42 Å². The third kappa shape index (κ3) is 3.52. The number of furan rings is 1. The molecule has 1 saturated heterocycles. The molecule has 1 amide bonds. The van der Waals surface area contributed by atoms with Crippen molar-refractivity contribution in [1.82, 2.24) is 14.9 Å². The molecule has 2 unspecified atom stereocenters. The van der Waals surface area contributed by atoms with E-state index >= 15 is 0 Å². The molecule has 140 valence electrons. The molecule has 6 nitrogen and oxygen atoms in total. The fourth-order valence-corrected chi connectivity index (χ4v) is 3.69. The third-order valence-corrected chi connectivity index (χ3v) is 5.39. The Morgan fingerprint density at radius 1 is 1.26 bits per heavy atom. The number of fused-ring (bicyclic) bond motifs is 1. The van der Waals surface area contributed by atoms with Gasteiger partial charge < -0.3 is 14.2 Å². The summed E-state index contributed by atoms with van der Waals surface area (Å²) in [6.45, 7) is 3.55. The van der Waals surface area contributed by atoms with Crippen LogP contribution in [0.1, 0.15) is 31.6 Å². The van der Waals surface area contributed by atoms with Gasteiger partial charge in [-0.1, -0.05) is 18.2 Å². The highest BCUT2D eigenvalue weighted by atomic mass is 16.3. The maximum absolute atomic E-state index is 13.1. The molecule has 3 aromatic rings. The van der Waals surface area contributed by atoms with Crippen molar-refractivity contribution >= 4 is 22.8 Å². The van der Waals surface area contributed by atoms with Gasteiger partial charge >= 0.3 is 0 Å². The summed E-state index contributed by atoms with van der Waals surface area (Å²) in [6.07, 6.45) is 5.33. The van der Waals surface area contributed by atoms with E-state index < -0.39 is 0 Å². The zero-order valence-electron chi connectivity index (χ0n) is 15.7. The number of aromatic nitrogens is 2. The quantitative estimate of drug-likeness (QED) is 0.707.